The van der Waals surface area contributed by atoms with Crippen LogP contribution in [0.15, 0.2) is 0 Å². The molecular weight excluding hydrogens is 234 g/mol. The van der Waals surface area contributed by atoms with E-state index in [0.717, 1.165) is 5.75 Å². The minimum absolute atomic E-state index is 0.133. The minimum Gasteiger partial charge on any atom is -0.459 e. The van der Waals surface area contributed by atoms with E-state index in [1.165, 1.54) is 0 Å². The lowest BCUT2D eigenvalue weighted by molar-refractivity contribution is -0.151. The summed E-state index contributed by atoms with van der Waals surface area (Å²) in [7, 11) is 1.96. The zero-order valence-electron chi connectivity index (χ0n) is 12.2. The van der Waals surface area contributed by atoms with Gasteiger partial charge >= 0.3 is 5.97 Å². The highest BCUT2D eigenvalue weighted by atomic mass is 32.2. The van der Waals surface area contributed by atoms with E-state index in [9.17, 15) is 4.79 Å². The lowest BCUT2D eigenvalue weighted by atomic mass is 9.88. The van der Waals surface area contributed by atoms with Crippen molar-refractivity contribution in [1.82, 2.24) is 5.32 Å². The predicted molar refractivity (Wildman–Crippen MR) is 75.5 cm³/mol. The van der Waals surface area contributed by atoms with Crippen molar-refractivity contribution < 1.29 is 9.53 Å². The largest absolute Gasteiger partial charge is 0.459 e. The van der Waals surface area contributed by atoms with Gasteiger partial charge in [-0.05, 0) is 33.2 Å². The number of hydrogen-bond donors (Lipinski definition) is 1. The van der Waals surface area contributed by atoms with Crippen LogP contribution in [0.3, 0.4) is 0 Å². The third-order valence-electron chi connectivity index (χ3n) is 2.32. The SMILES string of the molecule is CNC(CSCC(=O)OC(C)(C)C)C(C)(C)C. The number of thioether (sulfide) groups is 1. The van der Waals surface area contributed by atoms with Crippen molar-refractivity contribution in [3.63, 3.8) is 0 Å². The second-order valence-electron chi connectivity index (χ2n) is 6.31. The maximum absolute atomic E-state index is 11.5. The summed E-state index contributed by atoms with van der Waals surface area (Å²) in [4.78, 5) is 11.5. The van der Waals surface area contributed by atoms with Gasteiger partial charge in [0.1, 0.15) is 5.60 Å². The highest BCUT2D eigenvalue weighted by Crippen LogP contribution is 2.22. The first-order valence-electron chi connectivity index (χ1n) is 6.03. The molecule has 0 bridgehead atoms. The number of carbonyl (C=O) groups is 1. The highest BCUT2D eigenvalue weighted by molar-refractivity contribution is 7.99. The van der Waals surface area contributed by atoms with Gasteiger partial charge in [-0.15, -0.1) is 11.8 Å². The van der Waals surface area contributed by atoms with Crippen molar-refractivity contribution in [2.45, 2.75) is 53.2 Å². The molecule has 4 heteroatoms. The molecule has 1 unspecified atom stereocenters. The molecule has 102 valence electrons. The average molecular weight is 261 g/mol. The molecule has 0 aliphatic rings. The molecule has 17 heavy (non-hydrogen) atoms. The topological polar surface area (TPSA) is 38.3 Å². The Bertz CT molecular complexity index is 241. The van der Waals surface area contributed by atoms with Crippen LogP contribution in [-0.2, 0) is 9.53 Å². The molecule has 0 aromatic heterocycles. The summed E-state index contributed by atoms with van der Waals surface area (Å²) in [6.07, 6.45) is 0. The van der Waals surface area contributed by atoms with Gasteiger partial charge in [0.15, 0.2) is 0 Å². The van der Waals surface area contributed by atoms with Crippen LogP contribution in [0.1, 0.15) is 41.5 Å². The normalized spacial score (nSPS) is 14.5. The van der Waals surface area contributed by atoms with Gasteiger partial charge < -0.3 is 10.1 Å². The highest BCUT2D eigenvalue weighted by Gasteiger charge is 2.23. The van der Waals surface area contributed by atoms with Crippen LogP contribution in [0.5, 0.6) is 0 Å². The van der Waals surface area contributed by atoms with Gasteiger partial charge in [0.05, 0.1) is 5.75 Å². The van der Waals surface area contributed by atoms with Gasteiger partial charge in [0.25, 0.3) is 0 Å². The Labute approximate surface area is 110 Å². The molecule has 0 aliphatic carbocycles. The summed E-state index contributed by atoms with van der Waals surface area (Å²) in [6.45, 7) is 12.3. The molecule has 1 atom stereocenters. The van der Waals surface area contributed by atoms with Gasteiger partial charge in [-0.3, -0.25) is 4.79 Å². The summed E-state index contributed by atoms with van der Waals surface area (Å²) < 4.78 is 5.26. The molecule has 0 radical (unpaired) electrons. The Morgan fingerprint density at radius 1 is 1.24 bits per heavy atom. The van der Waals surface area contributed by atoms with Gasteiger partial charge in [-0.2, -0.15) is 0 Å². The van der Waals surface area contributed by atoms with Crippen LogP contribution in [-0.4, -0.2) is 36.2 Å². The fraction of sp³-hybridized carbons (Fsp3) is 0.923. The summed E-state index contributed by atoms with van der Waals surface area (Å²) in [5.41, 5.74) is -0.181. The lowest BCUT2D eigenvalue weighted by Crippen LogP contribution is -2.40. The molecular formula is C13H27NO2S. The van der Waals surface area contributed by atoms with E-state index < -0.39 is 0 Å². The van der Waals surface area contributed by atoms with E-state index in [-0.39, 0.29) is 17.0 Å². The number of ether oxygens (including phenoxy) is 1. The molecule has 0 saturated heterocycles. The first kappa shape index (κ1) is 16.8. The first-order valence-corrected chi connectivity index (χ1v) is 7.18. The molecule has 0 heterocycles. The van der Waals surface area contributed by atoms with Crippen molar-refractivity contribution >= 4 is 17.7 Å². The van der Waals surface area contributed by atoms with E-state index in [0.29, 0.717) is 11.8 Å². The molecule has 0 aromatic carbocycles. The molecule has 0 amide bonds. The molecule has 3 nitrogen and oxygen atoms in total. The second kappa shape index (κ2) is 6.64. The van der Waals surface area contributed by atoms with Crippen LogP contribution >= 0.6 is 11.8 Å². The van der Waals surface area contributed by atoms with E-state index in [2.05, 4.69) is 26.1 Å². The molecule has 0 spiro atoms. The van der Waals surface area contributed by atoms with Crippen molar-refractivity contribution in [3.05, 3.63) is 0 Å². The first-order chi connectivity index (χ1) is 7.56. The van der Waals surface area contributed by atoms with Crippen LogP contribution in [0, 0.1) is 5.41 Å². The minimum atomic E-state index is -0.385. The number of hydrogen-bond acceptors (Lipinski definition) is 4. The van der Waals surface area contributed by atoms with Gasteiger partial charge in [0, 0.05) is 11.8 Å². The lowest BCUT2D eigenvalue weighted by Gasteiger charge is -2.30. The smallest absolute Gasteiger partial charge is 0.316 e. The molecule has 0 aliphatic heterocycles. The van der Waals surface area contributed by atoms with E-state index in [4.69, 9.17) is 4.74 Å². The molecule has 0 saturated carbocycles. The fourth-order valence-corrected chi connectivity index (χ4v) is 2.64. The quantitative estimate of drug-likeness (QED) is 0.772. The Morgan fingerprint density at radius 2 is 1.76 bits per heavy atom. The van der Waals surface area contributed by atoms with E-state index in [1.54, 1.807) is 11.8 Å². The van der Waals surface area contributed by atoms with E-state index in [1.807, 2.05) is 27.8 Å². The monoisotopic (exact) mass is 261 g/mol. The van der Waals surface area contributed by atoms with Crippen LogP contribution in [0.25, 0.3) is 0 Å². The zero-order valence-corrected chi connectivity index (χ0v) is 13.0. The van der Waals surface area contributed by atoms with Gasteiger partial charge in [-0.1, -0.05) is 20.8 Å². The maximum atomic E-state index is 11.5. The van der Waals surface area contributed by atoms with E-state index >= 15 is 0 Å². The number of nitrogens with one attached hydrogen (secondary N) is 1. The summed E-state index contributed by atoms with van der Waals surface area (Å²) in [5, 5.41) is 3.29. The van der Waals surface area contributed by atoms with Gasteiger partial charge in [0.2, 0.25) is 0 Å². The fourth-order valence-electron chi connectivity index (χ4n) is 1.40. The Morgan fingerprint density at radius 3 is 2.12 bits per heavy atom. The van der Waals surface area contributed by atoms with Crippen molar-refractivity contribution in [1.29, 1.82) is 0 Å². The Kier molecular flexibility index (Phi) is 6.56. The summed E-state index contributed by atoms with van der Waals surface area (Å²) in [5.74, 6) is 1.20. The molecule has 0 aromatic rings. The van der Waals surface area contributed by atoms with Crippen LogP contribution in [0.2, 0.25) is 0 Å². The molecule has 0 fully saturated rings. The zero-order chi connectivity index (χ0) is 13.7. The average Bonchev–Trinajstić information content (AvgIpc) is 2.07. The number of esters is 1. The summed E-state index contributed by atoms with van der Waals surface area (Å²) >= 11 is 1.62. The molecule has 1 N–H and O–H groups in total. The maximum Gasteiger partial charge on any atom is 0.316 e. The van der Waals surface area contributed by atoms with Crippen molar-refractivity contribution in [3.8, 4) is 0 Å². The summed E-state index contributed by atoms with van der Waals surface area (Å²) in [6, 6.07) is 0.398. The van der Waals surface area contributed by atoms with Crippen molar-refractivity contribution in [2.24, 2.45) is 5.41 Å². The third-order valence-corrected chi connectivity index (χ3v) is 3.33. The second-order valence-corrected chi connectivity index (χ2v) is 7.34. The Hall–Kier alpha value is -0.220. The molecule has 0 rings (SSSR count). The predicted octanol–water partition coefficient (Wildman–Crippen LogP) is 2.70. The van der Waals surface area contributed by atoms with Gasteiger partial charge in [-0.25, -0.2) is 0 Å². The third kappa shape index (κ3) is 8.50. The van der Waals surface area contributed by atoms with Crippen LogP contribution < -0.4 is 5.32 Å². The standard InChI is InChI=1S/C13H27NO2S/c1-12(2,3)10(14-7)8-17-9-11(15)16-13(4,5)6/h10,14H,8-9H2,1-7H3. The number of rotatable bonds is 5. The number of carbonyl (C=O) groups excluding carboxylic acids is 1. The van der Waals surface area contributed by atoms with Crippen LogP contribution in [0.4, 0.5) is 0 Å². The van der Waals surface area contributed by atoms with Crippen molar-refractivity contribution in [2.75, 3.05) is 18.6 Å². The Balaban J connectivity index is 3.95.